The van der Waals surface area contributed by atoms with E-state index in [1.807, 2.05) is 0 Å². The molecule has 0 fully saturated rings. The maximum absolute atomic E-state index is 14.2. The van der Waals surface area contributed by atoms with Gasteiger partial charge in [-0.05, 0) is 35.9 Å². The zero-order valence-electron chi connectivity index (χ0n) is 18.8. The van der Waals surface area contributed by atoms with Gasteiger partial charge in [0, 0.05) is 12.1 Å². The van der Waals surface area contributed by atoms with Crippen LogP contribution < -0.4 is 20.5 Å². The number of non-ortho nitro benzene ring substituents is 1. The number of carbonyl (C=O) groups is 1. The van der Waals surface area contributed by atoms with Crippen LogP contribution in [-0.2, 0) is 12.7 Å². The fraction of sp³-hybridized carbons (Fsp3) is 0.130. The second-order valence-electron chi connectivity index (χ2n) is 7.61. The molecule has 0 bridgehead atoms. The summed E-state index contributed by atoms with van der Waals surface area (Å²) in [6.45, 7) is -0.215. The van der Waals surface area contributed by atoms with Crippen molar-refractivity contribution in [3.05, 3.63) is 98.1 Å². The lowest BCUT2D eigenvalue weighted by atomic mass is 10.1. The van der Waals surface area contributed by atoms with Gasteiger partial charge in [-0.3, -0.25) is 25.1 Å². The highest BCUT2D eigenvalue weighted by molar-refractivity contribution is 5.87. The highest BCUT2D eigenvalue weighted by Gasteiger charge is 2.35. The minimum absolute atomic E-state index is 0.0134. The molecule has 1 N–H and O–H groups in total. The molecule has 14 heteroatoms. The van der Waals surface area contributed by atoms with Crippen LogP contribution in [0.2, 0.25) is 0 Å². The molecule has 1 amide bonds. The van der Waals surface area contributed by atoms with Crippen molar-refractivity contribution in [1.82, 2.24) is 9.53 Å². The Morgan fingerprint density at radius 1 is 1.11 bits per heavy atom. The van der Waals surface area contributed by atoms with Gasteiger partial charge in [-0.1, -0.05) is 23.0 Å². The molecular formula is C23H16F4N4O6. The minimum Gasteiger partial charge on any atom is -0.497 e. The molecule has 1 aromatic heterocycles. The van der Waals surface area contributed by atoms with Gasteiger partial charge < -0.3 is 4.74 Å². The van der Waals surface area contributed by atoms with Gasteiger partial charge in [-0.25, -0.2) is 13.9 Å². The van der Waals surface area contributed by atoms with Crippen LogP contribution in [0.5, 0.6) is 5.75 Å². The monoisotopic (exact) mass is 520 g/mol. The van der Waals surface area contributed by atoms with Crippen LogP contribution in [-0.4, -0.2) is 27.7 Å². The number of methoxy groups -OCH3 is 1. The van der Waals surface area contributed by atoms with E-state index in [0.29, 0.717) is 22.5 Å². The lowest BCUT2D eigenvalue weighted by Gasteiger charge is -2.15. The number of alkyl halides is 3. The van der Waals surface area contributed by atoms with Gasteiger partial charge in [-0.2, -0.15) is 13.2 Å². The van der Waals surface area contributed by atoms with Crippen LogP contribution in [0.15, 0.2) is 65.5 Å². The molecule has 0 radical (unpaired) electrons. The van der Waals surface area contributed by atoms with E-state index in [0.717, 1.165) is 10.7 Å². The summed E-state index contributed by atoms with van der Waals surface area (Å²) >= 11 is 0. The largest absolute Gasteiger partial charge is 0.497 e. The first kappa shape index (κ1) is 25.2. The van der Waals surface area contributed by atoms with Crippen molar-refractivity contribution < 1.29 is 36.9 Å². The highest BCUT2D eigenvalue weighted by Crippen LogP contribution is 2.36. The molecule has 37 heavy (non-hydrogen) atoms. The third-order valence-corrected chi connectivity index (χ3v) is 5.27. The van der Waals surface area contributed by atoms with E-state index in [1.54, 1.807) is 5.32 Å². The van der Waals surface area contributed by atoms with Crippen molar-refractivity contribution in [3.8, 4) is 5.75 Å². The predicted octanol–water partition coefficient (Wildman–Crippen LogP) is 4.59. The Morgan fingerprint density at radius 3 is 2.51 bits per heavy atom. The molecule has 0 aliphatic carbocycles. The van der Waals surface area contributed by atoms with E-state index >= 15 is 0 Å². The number of fused-ring (bicyclic) bond motifs is 1. The number of rotatable bonds is 6. The molecule has 0 saturated carbocycles. The maximum Gasteiger partial charge on any atom is 0.437 e. The molecule has 0 spiro atoms. The number of anilines is 1. The first-order chi connectivity index (χ1) is 17.5. The number of carbonyl (C=O) groups excluding carboxylic acids is 1. The van der Waals surface area contributed by atoms with Gasteiger partial charge in [0.15, 0.2) is 0 Å². The molecule has 10 nitrogen and oxygen atoms in total. The number of hydrogen-bond donors (Lipinski definition) is 1. The maximum atomic E-state index is 14.2. The molecule has 4 rings (SSSR count). The molecule has 1 heterocycles. The van der Waals surface area contributed by atoms with E-state index in [9.17, 15) is 37.3 Å². The number of ether oxygens (including phenoxy) is 1. The highest BCUT2D eigenvalue weighted by atomic mass is 19.4. The van der Waals surface area contributed by atoms with Crippen molar-refractivity contribution in [3.63, 3.8) is 0 Å². The molecule has 0 unspecified atom stereocenters. The van der Waals surface area contributed by atoms with Crippen LogP contribution in [0.4, 0.5) is 33.7 Å². The van der Waals surface area contributed by atoms with Crippen LogP contribution in [0.1, 0.15) is 11.1 Å². The van der Waals surface area contributed by atoms with Gasteiger partial charge in [0.2, 0.25) is 0 Å². The summed E-state index contributed by atoms with van der Waals surface area (Å²) in [6, 6.07) is 11.8. The fourth-order valence-corrected chi connectivity index (χ4v) is 3.62. The molecule has 0 aliphatic rings. The Labute approximate surface area is 204 Å². The number of aromatic nitrogens is 2. The van der Waals surface area contributed by atoms with Crippen molar-refractivity contribution in [1.29, 1.82) is 0 Å². The summed E-state index contributed by atoms with van der Waals surface area (Å²) in [5.74, 6) is -1.09. The average molecular weight is 520 g/mol. The number of halogens is 4. The van der Waals surface area contributed by atoms with Gasteiger partial charge in [0.25, 0.3) is 5.69 Å². The number of hydrogen-bond acceptors (Lipinski definition) is 6. The van der Waals surface area contributed by atoms with E-state index in [-0.39, 0.29) is 28.9 Å². The number of nitro benzene ring substituents is 1. The Bertz CT molecular complexity index is 1580. The lowest BCUT2D eigenvalue weighted by Crippen LogP contribution is -2.36. The van der Waals surface area contributed by atoms with Gasteiger partial charge in [0.05, 0.1) is 40.7 Å². The summed E-state index contributed by atoms with van der Waals surface area (Å²) < 4.78 is 60.3. The summed E-state index contributed by atoms with van der Waals surface area (Å²) in [6.07, 6.45) is -6.58. The Kier molecular flexibility index (Phi) is 6.57. The zero-order valence-corrected chi connectivity index (χ0v) is 18.8. The smallest absolute Gasteiger partial charge is 0.437 e. The quantitative estimate of drug-likeness (QED) is 0.226. The third kappa shape index (κ3) is 5.07. The number of para-hydroxylation sites is 1. The van der Waals surface area contributed by atoms with E-state index in [4.69, 9.17) is 9.57 Å². The van der Waals surface area contributed by atoms with Gasteiger partial charge in [0.1, 0.15) is 11.6 Å². The van der Waals surface area contributed by atoms with E-state index in [2.05, 4.69) is 0 Å². The zero-order chi connectivity index (χ0) is 26.9. The van der Waals surface area contributed by atoms with Crippen molar-refractivity contribution >= 4 is 28.4 Å². The summed E-state index contributed by atoms with van der Waals surface area (Å²) in [7, 11) is 1.36. The number of nitro groups is 1. The van der Waals surface area contributed by atoms with Gasteiger partial charge in [-0.15, -0.1) is 0 Å². The normalized spacial score (nSPS) is 11.4. The Balaban J connectivity index is 1.76. The fourth-order valence-electron chi connectivity index (χ4n) is 3.62. The van der Waals surface area contributed by atoms with Crippen LogP contribution >= 0.6 is 0 Å². The lowest BCUT2D eigenvalue weighted by molar-refractivity contribution is -0.384. The minimum atomic E-state index is -4.99. The predicted molar refractivity (Wildman–Crippen MR) is 122 cm³/mol. The third-order valence-electron chi connectivity index (χ3n) is 5.27. The standard InChI is InChI=1S/C23H16F4N4O6/c1-36-15-8-9-19-16(11-15)21(32)30(29(19)12-13-4-2-5-14(10-13)31(34)35)37-22(33)28-20-17(23(25,26)27)6-3-7-18(20)24/h2-11H,12H2,1H3,(H,28,33). The summed E-state index contributed by atoms with van der Waals surface area (Å²) in [5.41, 5.74) is -3.21. The van der Waals surface area contributed by atoms with Crippen LogP contribution in [0, 0.1) is 15.9 Å². The number of nitrogens with zero attached hydrogens (tertiary/aromatic N) is 3. The van der Waals surface area contributed by atoms with Crippen molar-refractivity contribution in [2.45, 2.75) is 12.7 Å². The summed E-state index contributed by atoms with van der Waals surface area (Å²) in [5, 5.41) is 12.9. The van der Waals surface area contributed by atoms with E-state index in [1.165, 1.54) is 49.6 Å². The molecule has 0 atom stereocenters. The van der Waals surface area contributed by atoms with Gasteiger partial charge >= 0.3 is 17.8 Å². The molecule has 0 saturated heterocycles. The molecule has 0 aliphatic heterocycles. The summed E-state index contributed by atoms with van der Waals surface area (Å²) in [4.78, 5) is 41.7. The number of benzene rings is 3. The Morgan fingerprint density at radius 2 is 1.84 bits per heavy atom. The SMILES string of the molecule is COc1ccc2c(c1)c(=O)n(OC(=O)Nc1c(F)cccc1C(F)(F)F)n2Cc1cccc([N+](=O)[O-])c1. The molecule has 3 aromatic carbocycles. The molecule has 4 aromatic rings. The Hall–Kier alpha value is -4.88. The topological polar surface area (TPSA) is 118 Å². The average Bonchev–Trinajstić information content (AvgIpc) is 3.10. The number of nitrogens with one attached hydrogen (secondary N) is 1. The first-order valence-corrected chi connectivity index (χ1v) is 10.4. The van der Waals surface area contributed by atoms with Crippen molar-refractivity contribution in [2.75, 3.05) is 12.4 Å². The second kappa shape index (κ2) is 9.64. The van der Waals surface area contributed by atoms with E-state index < -0.39 is 39.8 Å². The van der Waals surface area contributed by atoms with Crippen LogP contribution in [0.25, 0.3) is 10.9 Å². The number of amides is 1. The van der Waals surface area contributed by atoms with Crippen molar-refractivity contribution in [2.24, 2.45) is 0 Å². The first-order valence-electron chi connectivity index (χ1n) is 10.4. The second-order valence-corrected chi connectivity index (χ2v) is 7.61. The molecular weight excluding hydrogens is 504 g/mol. The molecule has 192 valence electrons. The van der Waals surface area contributed by atoms with Crippen LogP contribution in [0.3, 0.4) is 0 Å².